The van der Waals surface area contributed by atoms with Gasteiger partial charge in [0.25, 0.3) is 0 Å². The highest BCUT2D eigenvalue weighted by Crippen LogP contribution is 2.16. The molecule has 2 aromatic rings. The van der Waals surface area contributed by atoms with Gasteiger partial charge in [-0.15, -0.1) is 0 Å². The molecule has 0 aliphatic carbocycles. The van der Waals surface area contributed by atoms with E-state index >= 15 is 0 Å². The van der Waals surface area contributed by atoms with Crippen molar-refractivity contribution < 1.29 is 4.74 Å². The van der Waals surface area contributed by atoms with Crippen molar-refractivity contribution in [3.05, 3.63) is 29.8 Å². The summed E-state index contributed by atoms with van der Waals surface area (Å²) in [6, 6.07) is 8.41. The monoisotopic (exact) mass is 362 g/mol. The van der Waals surface area contributed by atoms with Crippen molar-refractivity contribution in [2.75, 3.05) is 57.4 Å². The highest BCUT2D eigenvalue weighted by Gasteiger charge is 2.13. The SMILES string of the molecule is CN1CCN(Cc2cccc(OCCCNc3nsnc3N)c2)CC1. The number of piperazine rings is 1. The summed E-state index contributed by atoms with van der Waals surface area (Å²) in [5, 5.41) is 3.17. The molecule has 0 atom stereocenters. The average molecular weight is 363 g/mol. The van der Waals surface area contributed by atoms with Crippen molar-refractivity contribution in [1.82, 2.24) is 18.5 Å². The second-order valence-electron chi connectivity index (χ2n) is 6.35. The summed E-state index contributed by atoms with van der Waals surface area (Å²) in [7, 11) is 2.18. The highest BCUT2D eigenvalue weighted by atomic mass is 32.1. The minimum absolute atomic E-state index is 0.461. The van der Waals surface area contributed by atoms with Crippen LogP contribution in [0.2, 0.25) is 0 Å². The Hall–Kier alpha value is -1.90. The maximum atomic E-state index is 5.87. The van der Waals surface area contributed by atoms with E-state index in [0.29, 0.717) is 18.2 Å². The third-order valence-corrected chi connectivity index (χ3v) is 4.84. The van der Waals surface area contributed by atoms with Crippen molar-refractivity contribution in [1.29, 1.82) is 0 Å². The minimum Gasteiger partial charge on any atom is -0.494 e. The fourth-order valence-corrected chi connectivity index (χ4v) is 3.24. The maximum absolute atomic E-state index is 5.87. The zero-order valence-electron chi connectivity index (χ0n) is 14.6. The van der Waals surface area contributed by atoms with Crippen molar-refractivity contribution >= 4 is 23.4 Å². The zero-order valence-corrected chi connectivity index (χ0v) is 15.5. The van der Waals surface area contributed by atoms with Gasteiger partial charge < -0.3 is 20.7 Å². The van der Waals surface area contributed by atoms with E-state index in [-0.39, 0.29) is 0 Å². The molecule has 1 aliphatic rings. The summed E-state index contributed by atoms with van der Waals surface area (Å²) >= 11 is 1.12. The Morgan fingerprint density at radius 1 is 1.24 bits per heavy atom. The highest BCUT2D eigenvalue weighted by molar-refractivity contribution is 6.99. The molecule has 25 heavy (non-hydrogen) atoms. The second kappa shape index (κ2) is 8.98. The second-order valence-corrected chi connectivity index (χ2v) is 6.88. The molecule has 0 spiro atoms. The molecule has 0 saturated carbocycles. The number of hydrogen-bond donors (Lipinski definition) is 2. The molecule has 1 saturated heterocycles. The van der Waals surface area contributed by atoms with Gasteiger partial charge in [0, 0.05) is 39.3 Å². The molecular weight excluding hydrogens is 336 g/mol. The smallest absolute Gasteiger partial charge is 0.184 e. The molecule has 1 aromatic heterocycles. The third kappa shape index (κ3) is 5.55. The van der Waals surface area contributed by atoms with Crippen molar-refractivity contribution in [3.8, 4) is 5.75 Å². The summed E-state index contributed by atoms with van der Waals surface area (Å²) in [6.07, 6.45) is 0.875. The standard InChI is InChI=1S/C17H26N6OS/c1-22-7-9-23(10-8-22)13-14-4-2-5-15(12-14)24-11-3-6-19-17-16(18)20-25-21-17/h2,4-5,12H,3,6-11,13H2,1H3,(H2,18,20)(H,19,21). The van der Waals surface area contributed by atoms with Gasteiger partial charge in [0.1, 0.15) is 5.75 Å². The molecule has 0 radical (unpaired) electrons. The Kier molecular flexibility index (Phi) is 6.43. The first-order chi connectivity index (χ1) is 12.2. The van der Waals surface area contributed by atoms with Crippen LogP contribution >= 0.6 is 11.7 Å². The molecule has 1 aromatic carbocycles. The Morgan fingerprint density at radius 3 is 2.84 bits per heavy atom. The predicted molar refractivity (Wildman–Crippen MR) is 102 cm³/mol. The number of nitrogens with two attached hydrogens (primary N) is 1. The number of nitrogens with one attached hydrogen (secondary N) is 1. The summed E-state index contributed by atoms with van der Waals surface area (Å²) in [5.74, 6) is 2.06. The van der Waals surface area contributed by atoms with E-state index in [0.717, 1.165) is 63.2 Å². The Labute approximate surface area is 153 Å². The summed E-state index contributed by atoms with van der Waals surface area (Å²) < 4.78 is 13.9. The van der Waals surface area contributed by atoms with Gasteiger partial charge in [0.05, 0.1) is 18.3 Å². The normalized spacial score (nSPS) is 16.0. The van der Waals surface area contributed by atoms with Crippen LogP contribution in [-0.2, 0) is 6.54 Å². The molecule has 3 N–H and O–H groups in total. The van der Waals surface area contributed by atoms with E-state index in [1.165, 1.54) is 5.56 Å². The largest absolute Gasteiger partial charge is 0.494 e. The molecule has 0 amide bonds. The Morgan fingerprint density at radius 2 is 2.08 bits per heavy atom. The predicted octanol–water partition coefficient (Wildman–Crippen LogP) is 1.75. The lowest BCUT2D eigenvalue weighted by Gasteiger charge is -2.32. The lowest BCUT2D eigenvalue weighted by atomic mass is 10.2. The molecule has 1 fully saturated rings. The average Bonchev–Trinajstić information content (AvgIpc) is 3.02. The van der Waals surface area contributed by atoms with Crippen LogP contribution in [0, 0.1) is 0 Å². The molecule has 8 heteroatoms. The fraction of sp³-hybridized carbons (Fsp3) is 0.529. The molecular formula is C17H26N6OS. The molecule has 136 valence electrons. The quantitative estimate of drug-likeness (QED) is 0.693. The zero-order chi connectivity index (χ0) is 17.5. The molecule has 0 unspecified atom stereocenters. The molecule has 7 nitrogen and oxygen atoms in total. The summed E-state index contributed by atoms with van der Waals surface area (Å²) in [6.45, 7) is 6.94. The van der Waals surface area contributed by atoms with Gasteiger partial charge in [0.15, 0.2) is 11.6 Å². The van der Waals surface area contributed by atoms with Gasteiger partial charge in [-0.1, -0.05) is 12.1 Å². The van der Waals surface area contributed by atoms with Crippen LogP contribution < -0.4 is 15.8 Å². The molecule has 0 bridgehead atoms. The van der Waals surface area contributed by atoms with Gasteiger partial charge in [-0.25, -0.2) is 0 Å². The number of rotatable bonds is 8. The fourth-order valence-electron chi connectivity index (χ4n) is 2.78. The number of benzene rings is 1. The van der Waals surface area contributed by atoms with Crippen molar-refractivity contribution in [2.45, 2.75) is 13.0 Å². The maximum Gasteiger partial charge on any atom is 0.184 e. The van der Waals surface area contributed by atoms with Crippen LogP contribution in [0.5, 0.6) is 5.75 Å². The van der Waals surface area contributed by atoms with E-state index < -0.39 is 0 Å². The van der Waals surface area contributed by atoms with Gasteiger partial charge in [-0.2, -0.15) is 8.75 Å². The Balaban J connectivity index is 1.38. The van der Waals surface area contributed by atoms with Gasteiger partial charge in [-0.05, 0) is 31.2 Å². The number of anilines is 2. The van der Waals surface area contributed by atoms with Crippen molar-refractivity contribution in [3.63, 3.8) is 0 Å². The Bertz CT molecular complexity index is 656. The van der Waals surface area contributed by atoms with E-state index in [4.69, 9.17) is 10.5 Å². The van der Waals surface area contributed by atoms with Crippen LogP contribution in [0.15, 0.2) is 24.3 Å². The first kappa shape index (κ1) is 17.9. The summed E-state index contributed by atoms with van der Waals surface area (Å²) in [5.41, 5.74) is 6.99. The number of nitrogen functional groups attached to an aromatic ring is 1. The molecule has 2 heterocycles. The van der Waals surface area contributed by atoms with Crippen LogP contribution in [0.25, 0.3) is 0 Å². The van der Waals surface area contributed by atoms with Gasteiger partial charge in [0.2, 0.25) is 0 Å². The minimum atomic E-state index is 0.461. The van der Waals surface area contributed by atoms with E-state index in [2.05, 4.69) is 49.1 Å². The lowest BCUT2D eigenvalue weighted by molar-refractivity contribution is 0.148. The first-order valence-electron chi connectivity index (χ1n) is 8.65. The van der Waals surface area contributed by atoms with Gasteiger partial charge >= 0.3 is 0 Å². The van der Waals surface area contributed by atoms with Crippen molar-refractivity contribution in [2.24, 2.45) is 0 Å². The topological polar surface area (TPSA) is 79.5 Å². The number of ether oxygens (including phenoxy) is 1. The van der Waals surface area contributed by atoms with Crippen LogP contribution in [0.1, 0.15) is 12.0 Å². The first-order valence-corrected chi connectivity index (χ1v) is 9.38. The van der Waals surface area contributed by atoms with Gasteiger partial charge in [-0.3, -0.25) is 4.90 Å². The van der Waals surface area contributed by atoms with E-state index in [1.54, 1.807) is 0 Å². The van der Waals surface area contributed by atoms with Crippen LogP contribution in [0.3, 0.4) is 0 Å². The lowest BCUT2D eigenvalue weighted by Crippen LogP contribution is -2.43. The number of hydrogen-bond acceptors (Lipinski definition) is 8. The molecule has 3 rings (SSSR count). The van der Waals surface area contributed by atoms with Crippen LogP contribution in [-0.4, -0.2) is 64.9 Å². The number of likely N-dealkylation sites (N-methyl/N-ethyl adjacent to an activating group) is 1. The third-order valence-electron chi connectivity index (χ3n) is 4.30. The number of nitrogens with zero attached hydrogens (tertiary/aromatic N) is 4. The summed E-state index contributed by atoms with van der Waals surface area (Å²) in [4.78, 5) is 4.87. The van der Waals surface area contributed by atoms with E-state index in [9.17, 15) is 0 Å². The molecule has 1 aliphatic heterocycles. The van der Waals surface area contributed by atoms with Crippen LogP contribution in [0.4, 0.5) is 11.6 Å². The van der Waals surface area contributed by atoms with E-state index in [1.807, 2.05) is 6.07 Å². The number of aromatic nitrogens is 2.